The zero-order valence-corrected chi connectivity index (χ0v) is 8.81. The fourth-order valence-corrected chi connectivity index (χ4v) is 1.64. The van der Waals surface area contributed by atoms with Crippen LogP contribution in [0.1, 0.15) is 15.9 Å². The van der Waals surface area contributed by atoms with Gasteiger partial charge in [-0.15, -0.1) is 0 Å². The molecule has 0 spiro atoms. The van der Waals surface area contributed by atoms with Crippen LogP contribution in [0.25, 0.3) is 0 Å². The molecule has 0 aromatic heterocycles. The van der Waals surface area contributed by atoms with Gasteiger partial charge in [0, 0.05) is 0 Å². The average Bonchev–Trinajstić information content (AvgIpc) is 2.34. The number of aryl methyl sites for hydroxylation is 1. The Morgan fingerprint density at radius 2 is 2.07 bits per heavy atom. The Balaban J connectivity index is 2.62. The van der Waals surface area contributed by atoms with Crippen LogP contribution in [-0.2, 0) is 4.79 Å². The van der Waals surface area contributed by atoms with Gasteiger partial charge in [0.2, 0.25) is 5.91 Å². The number of fused-ring (bicyclic) bond motifs is 1. The number of amides is 2. The summed E-state index contributed by atoms with van der Waals surface area (Å²) in [6.45, 7) is 1.79. The molecule has 1 aromatic rings. The van der Waals surface area contributed by atoms with Gasteiger partial charge in [-0.2, -0.15) is 0 Å². The minimum atomic E-state index is -0.287. The first-order valence-electron chi connectivity index (χ1n) is 4.47. The molecule has 0 unspecified atom stereocenters. The summed E-state index contributed by atoms with van der Waals surface area (Å²) in [4.78, 5) is 22.8. The van der Waals surface area contributed by atoms with Crippen LogP contribution in [0.2, 0.25) is 5.02 Å². The number of hydrogen-bond donors (Lipinski definition) is 2. The van der Waals surface area contributed by atoms with Gasteiger partial charge in [0.25, 0.3) is 5.91 Å². The Morgan fingerprint density at radius 3 is 2.80 bits per heavy atom. The van der Waals surface area contributed by atoms with Crippen molar-refractivity contribution in [3.8, 4) is 0 Å². The highest BCUT2D eigenvalue weighted by atomic mass is 35.5. The van der Waals surface area contributed by atoms with Gasteiger partial charge in [0.15, 0.2) is 0 Å². The van der Waals surface area contributed by atoms with Crippen molar-refractivity contribution in [3.05, 3.63) is 28.3 Å². The number of anilines is 1. The smallest absolute Gasteiger partial charge is 0.253 e. The lowest BCUT2D eigenvalue weighted by Gasteiger charge is -2.09. The molecule has 1 heterocycles. The molecule has 0 atom stereocenters. The van der Waals surface area contributed by atoms with E-state index in [1.807, 2.05) is 6.92 Å². The third-order valence-corrected chi connectivity index (χ3v) is 2.74. The topological polar surface area (TPSA) is 58.2 Å². The molecule has 0 bridgehead atoms. The highest BCUT2D eigenvalue weighted by Gasteiger charge is 2.21. The van der Waals surface area contributed by atoms with Crippen LogP contribution in [0.4, 0.5) is 5.69 Å². The first-order chi connectivity index (χ1) is 7.09. The maximum atomic E-state index is 11.6. The van der Waals surface area contributed by atoms with Gasteiger partial charge in [0.05, 0.1) is 22.8 Å². The van der Waals surface area contributed by atoms with Crippen LogP contribution >= 0.6 is 11.6 Å². The number of halogens is 1. The van der Waals surface area contributed by atoms with Crippen LogP contribution in [0.3, 0.4) is 0 Å². The molecular weight excluding hydrogens is 216 g/mol. The zero-order chi connectivity index (χ0) is 11.0. The third-order valence-electron chi connectivity index (χ3n) is 2.25. The summed E-state index contributed by atoms with van der Waals surface area (Å²) >= 11 is 6.02. The lowest BCUT2D eigenvalue weighted by atomic mass is 10.1. The molecule has 0 aliphatic carbocycles. The first-order valence-corrected chi connectivity index (χ1v) is 4.84. The third kappa shape index (κ3) is 1.68. The van der Waals surface area contributed by atoms with Gasteiger partial charge in [0.1, 0.15) is 0 Å². The molecule has 4 nitrogen and oxygen atoms in total. The van der Waals surface area contributed by atoms with Gasteiger partial charge in [-0.25, -0.2) is 0 Å². The van der Waals surface area contributed by atoms with E-state index in [1.165, 1.54) is 0 Å². The number of hydrogen-bond acceptors (Lipinski definition) is 2. The van der Waals surface area contributed by atoms with Crippen molar-refractivity contribution >= 4 is 29.1 Å². The molecule has 1 aliphatic rings. The molecule has 2 rings (SSSR count). The van der Waals surface area contributed by atoms with Crippen molar-refractivity contribution < 1.29 is 9.59 Å². The van der Waals surface area contributed by atoms with E-state index in [0.717, 1.165) is 5.56 Å². The molecule has 0 fully saturated rings. The van der Waals surface area contributed by atoms with E-state index < -0.39 is 0 Å². The first kappa shape index (κ1) is 9.98. The molecule has 78 valence electrons. The van der Waals surface area contributed by atoms with Crippen LogP contribution in [0.5, 0.6) is 0 Å². The molecular formula is C10H9ClN2O2. The normalized spacial score (nSPS) is 15.1. The van der Waals surface area contributed by atoms with E-state index in [9.17, 15) is 9.59 Å². The summed E-state index contributed by atoms with van der Waals surface area (Å²) in [6.07, 6.45) is 0. The molecule has 0 radical (unpaired) electrons. The summed E-state index contributed by atoms with van der Waals surface area (Å²) in [7, 11) is 0. The van der Waals surface area contributed by atoms with Crippen molar-refractivity contribution in [2.24, 2.45) is 0 Å². The molecule has 2 N–H and O–H groups in total. The van der Waals surface area contributed by atoms with Crippen molar-refractivity contribution in [2.75, 3.05) is 11.9 Å². The van der Waals surface area contributed by atoms with E-state index in [0.29, 0.717) is 16.3 Å². The number of nitrogens with one attached hydrogen (secondary N) is 2. The SMILES string of the molecule is Cc1ccc2c(c1Cl)NC(=O)CNC2=O. The van der Waals surface area contributed by atoms with E-state index in [4.69, 9.17) is 11.6 Å². The second-order valence-electron chi connectivity index (χ2n) is 3.35. The molecule has 1 aliphatic heterocycles. The number of carbonyl (C=O) groups is 2. The minimum absolute atomic E-state index is 0.0249. The van der Waals surface area contributed by atoms with Crippen LogP contribution in [-0.4, -0.2) is 18.4 Å². The number of rotatable bonds is 0. The van der Waals surface area contributed by atoms with Gasteiger partial charge in [-0.05, 0) is 18.6 Å². The van der Waals surface area contributed by atoms with Crippen LogP contribution < -0.4 is 10.6 Å². The summed E-state index contributed by atoms with van der Waals surface area (Å²) in [5.41, 5.74) is 1.62. The standard InChI is InChI=1S/C10H9ClN2O2/c1-5-2-3-6-9(8(5)11)13-7(14)4-12-10(6)15/h2-3H,4H2,1H3,(H,12,15)(H,13,14). The van der Waals surface area contributed by atoms with Crippen molar-refractivity contribution in [1.29, 1.82) is 0 Å². The predicted molar refractivity (Wildman–Crippen MR) is 57.2 cm³/mol. The Morgan fingerprint density at radius 1 is 1.33 bits per heavy atom. The molecule has 0 saturated heterocycles. The van der Waals surface area contributed by atoms with E-state index >= 15 is 0 Å². The Hall–Kier alpha value is -1.55. The number of benzene rings is 1. The number of carbonyl (C=O) groups excluding carboxylic acids is 2. The summed E-state index contributed by atoms with van der Waals surface area (Å²) in [5.74, 6) is -0.556. The van der Waals surface area contributed by atoms with Crippen molar-refractivity contribution in [1.82, 2.24) is 5.32 Å². The van der Waals surface area contributed by atoms with Gasteiger partial charge in [-0.1, -0.05) is 17.7 Å². The molecule has 0 saturated carbocycles. The second-order valence-corrected chi connectivity index (χ2v) is 3.73. The Bertz CT molecular complexity index is 457. The average molecular weight is 225 g/mol. The van der Waals surface area contributed by atoms with Crippen molar-refractivity contribution in [2.45, 2.75) is 6.92 Å². The molecule has 15 heavy (non-hydrogen) atoms. The van der Waals surface area contributed by atoms with Crippen LogP contribution in [0.15, 0.2) is 12.1 Å². The highest BCUT2D eigenvalue weighted by molar-refractivity contribution is 6.35. The summed E-state index contributed by atoms with van der Waals surface area (Å²) in [6, 6.07) is 3.40. The van der Waals surface area contributed by atoms with E-state index in [1.54, 1.807) is 12.1 Å². The fourth-order valence-electron chi connectivity index (χ4n) is 1.43. The van der Waals surface area contributed by atoms with Crippen LogP contribution in [0, 0.1) is 6.92 Å². The lowest BCUT2D eigenvalue weighted by molar-refractivity contribution is -0.115. The van der Waals surface area contributed by atoms with E-state index in [-0.39, 0.29) is 18.4 Å². The highest BCUT2D eigenvalue weighted by Crippen LogP contribution is 2.30. The van der Waals surface area contributed by atoms with Gasteiger partial charge in [-0.3, -0.25) is 9.59 Å². The van der Waals surface area contributed by atoms with Gasteiger partial charge >= 0.3 is 0 Å². The maximum absolute atomic E-state index is 11.6. The quantitative estimate of drug-likeness (QED) is 0.699. The van der Waals surface area contributed by atoms with E-state index in [2.05, 4.69) is 10.6 Å². The minimum Gasteiger partial charge on any atom is -0.343 e. The lowest BCUT2D eigenvalue weighted by Crippen LogP contribution is -2.28. The second kappa shape index (κ2) is 3.55. The predicted octanol–water partition coefficient (Wildman–Crippen LogP) is 1.33. The van der Waals surface area contributed by atoms with Gasteiger partial charge < -0.3 is 10.6 Å². The molecule has 5 heteroatoms. The van der Waals surface area contributed by atoms with Crippen molar-refractivity contribution in [3.63, 3.8) is 0 Å². The maximum Gasteiger partial charge on any atom is 0.253 e. The largest absolute Gasteiger partial charge is 0.343 e. The summed E-state index contributed by atoms with van der Waals surface area (Å²) in [5, 5.41) is 5.51. The molecule has 2 amide bonds. The monoisotopic (exact) mass is 224 g/mol. The molecule has 1 aromatic carbocycles. The fraction of sp³-hybridized carbons (Fsp3) is 0.200. The summed E-state index contributed by atoms with van der Waals surface area (Å²) < 4.78 is 0. The Kier molecular flexibility index (Phi) is 2.36. The zero-order valence-electron chi connectivity index (χ0n) is 8.06. The Labute approximate surface area is 91.6 Å².